The van der Waals surface area contributed by atoms with Crippen molar-refractivity contribution in [3.05, 3.63) is 23.8 Å². The highest BCUT2D eigenvalue weighted by Gasteiger charge is 2.17. The van der Waals surface area contributed by atoms with Crippen molar-refractivity contribution in [2.75, 3.05) is 30.7 Å². The van der Waals surface area contributed by atoms with Gasteiger partial charge in [0, 0.05) is 18.7 Å². The zero-order valence-electron chi connectivity index (χ0n) is 10.7. The van der Waals surface area contributed by atoms with Gasteiger partial charge in [-0.15, -0.1) is 0 Å². The van der Waals surface area contributed by atoms with Crippen LogP contribution in [0.1, 0.15) is 23.2 Å². The van der Waals surface area contributed by atoms with Crippen molar-refractivity contribution in [3.63, 3.8) is 0 Å². The molecule has 6 heteroatoms. The number of benzene rings is 1. The second-order valence-electron chi connectivity index (χ2n) is 4.61. The molecule has 0 bridgehead atoms. The maximum absolute atomic E-state index is 11.9. The molecule has 1 aromatic carbocycles. The Morgan fingerprint density at radius 3 is 2.58 bits per heavy atom. The van der Waals surface area contributed by atoms with Crippen LogP contribution in [0.4, 0.5) is 11.4 Å². The number of carbonyl (C=O) groups is 2. The number of carbonyl (C=O) groups excluding carboxylic acids is 2. The van der Waals surface area contributed by atoms with Gasteiger partial charge in [-0.05, 0) is 31.0 Å². The summed E-state index contributed by atoms with van der Waals surface area (Å²) < 4.78 is 0. The van der Waals surface area contributed by atoms with E-state index < -0.39 is 5.91 Å². The Hall–Kier alpha value is -2.24. The first kappa shape index (κ1) is 13.2. The molecular formula is C13H18N4O2. The molecule has 1 heterocycles. The molecule has 0 radical (unpaired) electrons. The summed E-state index contributed by atoms with van der Waals surface area (Å²) in [6.45, 7) is 1.81. The minimum absolute atomic E-state index is 0.0429. The van der Waals surface area contributed by atoms with Crippen LogP contribution in [0.3, 0.4) is 0 Å². The minimum Gasteiger partial charge on any atom is -0.397 e. The molecule has 1 aliphatic rings. The van der Waals surface area contributed by atoms with Crippen LogP contribution in [0, 0.1) is 0 Å². The molecule has 6 nitrogen and oxygen atoms in total. The Kier molecular flexibility index (Phi) is 3.89. The lowest BCUT2D eigenvalue weighted by Crippen LogP contribution is -2.33. The smallest absolute Gasteiger partial charge is 0.248 e. The number of primary amides is 1. The molecule has 0 spiro atoms. The molecule has 0 unspecified atom stereocenters. The summed E-state index contributed by atoms with van der Waals surface area (Å²) in [4.78, 5) is 24.8. The van der Waals surface area contributed by atoms with Crippen LogP contribution in [-0.2, 0) is 4.79 Å². The summed E-state index contributed by atoms with van der Waals surface area (Å²) in [6, 6.07) is 4.73. The van der Waals surface area contributed by atoms with E-state index in [1.165, 1.54) is 0 Å². The molecule has 2 amide bonds. The number of nitrogens with zero attached hydrogens (tertiary/aromatic N) is 1. The fraction of sp³-hybridized carbons (Fsp3) is 0.385. The monoisotopic (exact) mass is 262 g/mol. The second kappa shape index (κ2) is 5.60. The van der Waals surface area contributed by atoms with Crippen molar-refractivity contribution in [2.45, 2.75) is 12.8 Å². The summed E-state index contributed by atoms with van der Waals surface area (Å²) in [6.07, 6.45) is 2.12. The number of nitrogen functional groups attached to an aromatic ring is 1. The van der Waals surface area contributed by atoms with Gasteiger partial charge >= 0.3 is 0 Å². The van der Waals surface area contributed by atoms with E-state index in [0.29, 0.717) is 16.9 Å². The summed E-state index contributed by atoms with van der Waals surface area (Å²) in [7, 11) is 0. The van der Waals surface area contributed by atoms with Crippen LogP contribution in [0.25, 0.3) is 0 Å². The van der Waals surface area contributed by atoms with Crippen molar-refractivity contribution >= 4 is 23.2 Å². The van der Waals surface area contributed by atoms with Gasteiger partial charge in [-0.1, -0.05) is 0 Å². The standard InChI is InChI=1S/C13H18N4O2/c14-10-4-3-9(13(15)19)7-11(10)16-8-12(18)17-5-1-2-6-17/h3-4,7,16H,1-2,5-6,8,14H2,(H2,15,19). The van der Waals surface area contributed by atoms with Crippen LogP contribution < -0.4 is 16.8 Å². The minimum atomic E-state index is -0.520. The number of nitrogens with two attached hydrogens (primary N) is 2. The Labute approximate surface area is 111 Å². The number of likely N-dealkylation sites (tertiary alicyclic amines) is 1. The largest absolute Gasteiger partial charge is 0.397 e. The zero-order chi connectivity index (χ0) is 13.8. The first-order chi connectivity index (χ1) is 9.08. The van der Waals surface area contributed by atoms with E-state index in [2.05, 4.69) is 5.32 Å². The van der Waals surface area contributed by atoms with E-state index in [-0.39, 0.29) is 12.5 Å². The van der Waals surface area contributed by atoms with Gasteiger partial charge in [0.05, 0.1) is 17.9 Å². The van der Waals surface area contributed by atoms with Gasteiger partial charge in [0.2, 0.25) is 11.8 Å². The zero-order valence-corrected chi connectivity index (χ0v) is 10.7. The van der Waals surface area contributed by atoms with E-state index in [1.807, 2.05) is 4.90 Å². The highest BCUT2D eigenvalue weighted by Crippen LogP contribution is 2.19. The Bertz CT molecular complexity index is 495. The molecule has 0 aromatic heterocycles. The van der Waals surface area contributed by atoms with Gasteiger partial charge in [-0.3, -0.25) is 9.59 Å². The summed E-state index contributed by atoms with van der Waals surface area (Å²) in [5.41, 5.74) is 12.4. The molecule has 2 rings (SSSR count). The summed E-state index contributed by atoms with van der Waals surface area (Å²) in [5, 5.41) is 2.96. The number of nitrogens with one attached hydrogen (secondary N) is 1. The average Bonchev–Trinajstić information content (AvgIpc) is 2.91. The topological polar surface area (TPSA) is 101 Å². The van der Waals surface area contributed by atoms with Crippen LogP contribution in [0.5, 0.6) is 0 Å². The van der Waals surface area contributed by atoms with E-state index in [4.69, 9.17) is 11.5 Å². The predicted octanol–water partition coefficient (Wildman–Crippen LogP) is 0.402. The highest BCUT2D eigenvalue weighted by atomic mass is 16.2. The number of anilines is 2. The van der Waals surface area contributed by atoms with Crippen LogP contribution in [0.15, 0.2) is 18.2 Å². The van der Waals surface area contributed by atoms with Gasteiger partial charge < -0.3 is 21.7 Å². The quantitative estimate of drug-likeness (QED) is 0.684. The molecule has 1 saturated heterocycles. The van der Waals surface area contributed by atoms with E-state index in [0.717, 1.165) is 25.9 Å². The third-order valence-corrected chi connectivity index (χ3v) is 3.23. The predicted molar refractivity (Wildman–Crippen MR) is 73.7 cm³/mol. The normalized spacial score (nSPS) is 14.4. The fourth-order valence-corrected chi connectivity index (χ4v) is 2.11. The highest BCUT2D eigenvalue weighted by molar-refractivity contribution is 5.95. The van der Waals surface area contributed by atoms with Crippen LogP contribution in [0.2, 0.25) is 0 Å². The first-order valence-electron chi connectivity index (χ1n) is 6.29. The van der Waals surface area contributed by atoms with Crippen molar-refractivity contribution in [3.8, 4) is 0 Å². The van der Waals surface area contributed by atoms with E-state index in [9.17, 15) is 9.59 Å². The van der Waals surface area contributed by atoms with Gasteiger partial charge in [0.25, 0.3) is 0 Å². The summed E-state index contributed by atoms with van der Waals surface area (Å²) >= 11 is 0. The molecule has 0 saturated carbocycles. The van der Waals surface area contributed by atoms with E-state index in [1.54, 1.807) is 18.2 Å². The Morgan fingerprint density at radius 2 is 1.95 bits per heavy atom. The van der Waals surface area contributed by atoms with Crippen molar-refractivity contribution in [2.24, 2.45) is 5.73 Å². The first-order valence-corrected chi connectivity index (χ1v) is 6.29. The summed E-state index contributed by atoms with van der Waals surface area (Å²) in [5.74, 6) is -0.477. The molecule has 102 valence electrons. The second-order valence-corrected chi connectivity index (χ2v) is 4.61. The van der Waals surface area contributed by atoms with Crippen molar-refractivity contribution in [1.82, 2.24) is 4.90 Å². The van der Waals surface area contributed by atoms with Gasteiger partial charge in [0.1, 0.15) is 0 Å². The van der Waals surface area contributed by atoms with Crippen molar-refractivity contribution in [1.29, 1.82) is 0 Å². The number of hydrogen-bond acceptors (Lipinski definition) is 4. The van der Waals surface area contributed by atoms with Gasteiger partial charge in [-0.25, -0.2) is 0 Å². The van der Waals surface area contributed by atoms with Crippen LogP contribution in [-0.4, -0.2) is 36.3 Å². The molecule has 19 heavy (non-hydrogen) atoms. The Morgan fingerprint density at radius 1 is 1.26 bits per heavy atom. The number of hydrogen-bond donors (Lipinski definition) is 3. The van der Waals surface area contributed by atoms with E-state index >= 15 is 0 Å². The van der Waals surface area contributed by atoms with Crippen LogP contribution >= 0.6 is 0 Å². The lowest BCUT2D eigenvalue weighted by molar-refractivity contribution is -0.128. The molecule has 0 aliphatic carbocycles. The Balaban J connectivity index is 2.00. The van der Waals surface area contributed by atoms with Gasteiger partial charge in [-0.2, -0.15) is 0 Å². The molecule has 5 N–H and O–H groups in total. The maximum Gasteiger partial charge on any atom is 0.248 e. The third-order valence-electron chi connectivity index (χ3n) is 3.23. The number of amides is 2. The number of rotatable bonds is 4. The fourth-order valence-electron chi connectivity index (χ4n) is 2.11. The average molecular weight is 262 g/mol. The molecule has 0 atom stereocenters. The lowest BCUT2D eigenvalue weighted by atomic mass is 10.1. The molecule has 1 fully saturated rings. The maximum atomic E-state index is 11.9. The lowest BCUT2D eigenvalue weighted by Gasteiger charge is -2.16. The molecule has 1 aliphatic heterocycles. The SMILES string of the molecule is NC(=O)c1ccc(N)c(NCC(=O)N2CCCC2)c1. The molecular weight excluding hydrogens is 244 g/mol. The third kappa shape index (κ3) is 3.15. The molecule has 1 aromatic rings. The van der Waals surface area contributed by atoms with Gasteiger partial charge in [0.15, 0.2) is 0 Å². The van der Waals surface area contributed by atoms with Crippen molar-refractivity contribution < 1.29 is 9.59 Å².